The molecule has 0 bridgehead atoms. The van der Waals surface area contributed by atoms with Crippen molar-refractivity contribution in [3.8, 4) is 0 Å². The molecule has 1 heterocycles. The average molecular weight is 315 g/mol. The van der Waals surface area contributed by atoms with Crippen molar-refractivity contribution in [2.24, 2.45) is 11.8 Å². The smallest absolute Gasteiger partial charge is 0.251 e. The van der Waals surface area contributed by atoms with Crippen molar-refractivity contribution in [1.82, 2.24) is 5.32 Å². The number of anilines is 2. The Morgan fingerprint density at radius 1 is 1.26 bits per heavy atom. The van der Waals surface area contributed by atoms with Crippen LogP contribution in [0.1, 0.15) is 49.9 Å². The first kappa shape index (κ1) is 15.8. The van der Waals surface area contributed by atoms with Crippen LogP contribution in [0.4, 0.5) is 11.4 Å². The summed E-state index contributed by atoms with van der Waals surface area (Å²) in [5.41, 5.74) is 2.13. The van der Waals surface area contributed by atoms with Crippen LogP contribution in [0.2, 0.25) is 0 Å². The van der Waals surface area contributed by atoms with Crippen molar-refractivity contribution in [3.05, 3.63) is 23.8 Å². The van der Waals surface area contributed by atoms with Crippen molar-refractivity contribution < 1.29 is 9.59 Å². The van der Waals surface area contributed by atoms with Crippen LogP contribution in [0.15, 0.2) is 18.2 Å². The van der Waals surface area contributed by atoms with Crippen molar-refractivity contribution in [2.75, 3.05) is 17.2 Å². The Kier molecular flexibility index (Phi) is 4.55. The highest BCUT2D eigenvalue weighted by atomic mass is 16.2. The number of rotatable bonds is 4. The van der Waals surface area contributed by atoms with Gasteiger partial charge in [0.2, 0.25) is 5.91 Å². The number of hydrogen-bond donors (Lipinski definition) is 3. The number of carbonyl (C=O) groups excluding carboxylic acids is 2. The molecule has 1 aromatic rings. The van der Waals surface area contributed by atoms with Gasteiger partial charge >= 0.3 is 0 Å². The highest BCUT2D eigenvalue weighted by Gasteiger charge is 2.26. The Bertz CT molecular complexity index is 610. The highest BCUT2D eigenvalue weighted by Crippen LogP contribution is 2.30. The first-order valence-corrected chi connectivity index (χ1v) is 8.54. The zero-order chi connectivity index (χ0) is 16.4. The lowest BCUT2D eigenvalue weighted by molar-refractivity contribution is -0.119. The molecule has 23 heavy (non-hydrogen) atoms. The van der Waals surface area contributed by atoms with Crippen LogP contribution in [-0.2, 0) is 4.79 Å². The van der Waals surface area contributed by atoms with Crippen LogP contribution in [0, 0.1) is 11.8 Å². The first-order valence-electron chi connectivity index (χ1n) is 8.54. The summed E-state index contributed by atoms with van der Waals surface area (Å²) < 4.78 is 0. The van der Waals surface area contributed by atoms with E-state index in [9.17, 15) is 9.59 Å². The predicted octanol–water partition coefficient (Wildman–Crippen LogP) is 3.00. The molecule has 1 aliphatic carbocycles. The molecule has 1 aliphatic heterocycles. The van der Waals surface area contributed by atoms with Crippen molar-refractivity contribution in [2.45, 2.75) is 45.6 Å². The molecule has 0 spiro atoms. The van der Waals surface area contributed by atoms with E-state index in [-0.39, 0.29) is 23.8 Å². The van der Waals surface area contributed by atoms with E-state index in [4.69, 9.17) is 0 Å². The molecule has 5 nitrogen and oxygen atoms in total. The maximum Gasteiger partial charge on any atom is 0.251 e. The van der Waals surface area contributed by atoms with Crippen molar-refractivity contribution in [3.63, 3.8) is 0 Å². The average Bonchev–Trinajstić information content (AvgIpc) is 2.59. The Morgan fingerprint density at radius 2 is 2.04 bits per heavy atom. The summed E-state index contributed by atoms with van der Waals surface area (Å²) in [5.74, 6) is 0.564. The minimum absolute atomic E-state index is 0.0220. The Balaban J connectivity index is 1.66. The summed E-state index contributed by atoms with van der Waals surface area (Å²) in [5, 5.41) is 9.21. The number of hydrogen-bond acceptors (Lipinski definition) is 3. The van der Waals surface area contributed by atoms with Gasteiger partial charge in [-0.15, -0.1) is 0 Å². The van der Waals surface area contributed by atoms with Crippen molar-refractivity contribution in [1.29, 1.82) is 0 Å². The van der Waals surface area contributed by atoms with Gasteiger partial charge in [-0.3, -0.25) is 9.59 Å². The lowest BCUT2D eigenvalue weighted by Crippen LogP contribution is -2.30. The van der Waals surface area contributed by atoms with E-state index in [1.165, 1.54) is 19.3 Å². The van der Waals surface area contributed by atoms with E-state index in [0.717, 1.165) is 24.6 Å². The number of fused-ring (bicyclic) bond motifs is 1. The predicted molar refractivity (Wildman–Crippen MR) is 91.6 cm³/mol. The van der Waals surface area contributed by atoms with Crippen molar-refractivity contribution >= 4 is 23.2 Å². The van der Waals surface area contributed by atoms with E-state index in [1.807, 2.05) is 19.9 Å². The molecule has 124 valence electrons. The summed E-state index contributed by atoms with van der Waals surface area (Å²) in [6, 6.07) is 5.48. The molecule has 3 N–H and O–H groups in total. The van der Waals surface area contributed by atoms with E-state index in [0.29, 0.717) is 11.3 Å². The Morgan fingerprint density at radius 3 is 2.74 bits per heavy atom. The van der Waals surface area contributed by atoms with Crippen LogP contribution in [0.25, 0.3) is 0 Å². The minimum Gasteiger partial charge on any atom is -0.380 e. The molecule has 1 fully saturated rings. The third kappa shape index (κ3) is 3.49. The third-order valence-electron chi connectivity index (χ3n) is 5.15. The van der Waals surface area contributed by atoms with E-state index in [1.54, 1.807) is 12.1 Å². The number of carbonyl (C=O) groups is 2. The molecule has 0 saturated heterocycles. The Labute approximate surface area is 137 Å². The summed E-state index contributed by atoms with van der Waals surface area (Å²) >= 11 is 0. The van der Waals surface area contributed by atoms with Crippen LogP contribution in [0.3, 0.4) is 0 Å². The standard InChI is InChI=1S/C18H25N3O2/c1-11-12(2)20-15-7-6-14(10-16(15)21-17(11)22)18(23)19-9-8-13-4-3-5-13/h6-7,10-13,20H,3-5,8-9H2,1-2H3,(H,19,23)(H,21,22)/t11-,12+/m0/s1. The van der Waals surface area contributed by atoms with Gasteiger partial charge in [-0.2, -0.15) is 0 Å². The lowest BCUT2D eigenvalue weighted by atomic mass is 9.83. The number of benzene rings is 1. The number of nitrogens with one attached hydrogen (secondary N) is 3. The molecule has 2 aliphatic rings. The molecule has 3 rings (SSSR count). The number of amides is 2. The van der Waals surface area contributed by atoms with Gasteiger partial charge in [0.1, 0.15) is 0 Å². The zero-order valence-electron chi connectivity index (χ0n) is 13.8. The fraction of sp³-hybridized carbons (Fsp3) is 0.556. The van der Waals surface area contributed by atoms with E-state index in [2.05, 4.69) is 16.0 Å². The first-order chi connectivity index (χ1) is 11.0. The van der Waals surface area contributed by atoms with E-state index >= 15 is 0 Å². The molecule has 5 heteroatoms. The summed E-state index contributed by atoms with van der Waals surface area (Å²) in [6.45, 7) is 4.60. The second-order valence-corrected chi connectivity index (χ2v) is 6.81. The van der Waals surface area contributed by atoms with Gasteiger partial charge in [-0.25, -0.2) is 0 Å². The summed E-state index contributed by atoms with van der Waals surface area (Å²) in [6.07, 6.45) is 4.97. The molecule has 2 amide bonds. The maximum absolute atomic E-state index is 12.3. The Hall–Kier alpha value is -2.04. The molecule has 2 atom stereocenters. The SMILES string of the molecule is C[C@@H]1C(=O)Nc2cc(C(=O)NCCC3CCC3)ccc2N[C@@H]1C. The van der Waals surface area contributed by atoms with Gasteiger partial charge in [0, 0.05) is 18.2 Å². The van der Waals surface area contributed by atoms with Gasteiger partial charge in [0.25, 0.3) is 5.91 Å². The van der Waals surface area contributed by atoms with Gasteiger partial charge in [0.05, 0.1) is 17.3 Å². The fourth-order valence-corrected chi connectivity index (χ4v) is 3.03. The van der Waals surface area contributed by atoms with E-state index < -0.39 is 0 Å². The zero-order valence-corrected chi connectivity index (χ0v) is 13.8. The second-order valence-electron chi connectivity index (χ2n) is 6.81. The van der Waals surface area contributed by atoms with Crippen LogP contribution >= 0.6 is 0 Å². The minimum atomic E-state index is -0.123. The molecule has 1 saturated carbocycles. The normalized spacial score (nSPS) is 23.8. The van der Waals surface area contributed by atoms with Crippen LogP contribution in [0.5, 0.6) is 0 Å². The molecule has 1 aromatic carbocycles. The monoisotopic (exact) mass is 315 g/mol. The molecule has 0 aromatic heterocycles. The fourth-order valence-electron chi connectivity index (χ4n) is 3.03. The maximum atomic E-state index is 12.3. The highest BCUT2D eigenvalue weighted by molar-refractivity contribution is 6.01. The summed E-state index contributed by atoms with van der Waals surface area (Å²) in [4.78, 5) is 24.4. The molecule has 0 radical (unpaired) electrons. The van der Waals surface area contributed by atoms with Crippen LogP contribution < -0.4 is 16.0 Å². The van der Waals surface area contributed by atoms with Crippen LogP contribution in [-0.4, -0.2) is 24.4 Å². The summed E-state index contributed by atoms with van der Waals surface area (Å²) in [7, 11) is 0. The topological polar surface area (TPSA) is 70.2 Å². The molecular weight excluding hydrogens is 290 g/mol. The van der Waals surface area contributed by atoms with Gasteiger partial charge in [-0.1, -0.05) is 26.2 Å². The van der Waals surface area contributed by atoms with Gasteiger partial charge in [-0.05, 0) is 37.5 Å². The van der Waals surface area contributed by atoms with Gasteiger partial charge in [0.15, 0.2) is 0 Å². The molecular formula is C18H25N3O2. The lowest BCUT2D eigenvalue weighted by Gasteiger charge is -2.25. The largest absolute Gasteiger partial charge is 0.380 e. The molecule has 0 unspecified atom stereocenters. The van der Waals surface area contributed by atoms with Gasteiger partial charge < -0.3 is 16.0 Å². The second kappa shape index (κ2) is 6.60. The quantitative estimate of drug-likeness (QED) is 0.800. The third-order valence-corrected chi connectivity index (χ3v) is 5.15.